The lowest BCUT2D eigenvalue weighted by Crippen LogP contribution is -2.33. The van der Waals surface area contributed by atoms with Crippen molar-refractivity contribution in [1.29, 1.82) is 0 Å². The lowest BCUT2D eigenvalue weighted by molar-refractivity contribution is 0.306. The Hall–Kier alpha value is -5.62. The number of nitrogens with zero attached hydrogens (tertiary/aromatic N) is 2. The molecule has 0 amide bonds. The number of rotatable bonds is 11. The van der Waals surface area contributed by atoms with Gasteiger partial charge in [-0.05, 0) is 60.0 Å². The number of pyridine rings is 1. The van der Waals surface area contributed by atoms with Crippen LogP contribution in [0.1, 0.15) is 28.3 Å². The van der Waals surface area contributed by atoms with Crippen molar-refractivity contribution >= 4 is 5.69 Å². The Bertz CT molecular complexity index is 1830. The second-order valence-electron chi connectivity index (χ2n) is 10.5. The minimum absolute atomic E-state index is 0.108. The monoisotopic (exact) mass is 580 g/mol. The number of hydrogen-bond donors (Lipinski definition) is 1. The van der Waals surface area contributed by atoms with Crippen molar-refractivity contribution in [1.82, 2.24) is 4.98 Å². The van der Waals surface area contributed by atoms with Gasteiger partial charge in [0.25, 0.3) is 0 Å². The summed E-state index contributed by atoms with van der Waals surface area (Å²) in [7, 11) is 0. The smallest absolute Gasteiger partial charge is 0.345 e. The van der Waals surface area contributed by atoms with Gasteiger partial charge in [-0.25, -0.2) is 4.79 Å². The van der Waals surface area contributed by atoms with Crippen molar-refractivity contribution in [2.24, 2.45) is 0 Å². The molecule has 0 aliphatic heterocycles. The molecule has 1 unspecified atom stereocenters. The molecule has 1 N–H and O–H groups in total. The van der Waals surface area contributed by atoms with Crippen LogP contribution in [-0.2, 0) is 19.6 Å². The van der Waals surface area contributed by atoms with E-state index < -0.39 is 11.7 Å². The fraction of sp³-hybridized carbons (Fsp3) is 0.105. The Labute approximate surface area is 256 Å². The molecule has 0 bridgehead atoms. The molecule has 0 spiro atoms. The Kier molecular flexibility index (Phi) is 8.79. The highest BCUT2D eigenvalue weighted by Gasteiger charge is 2.29. The lowest BCUT2D eigenvalue weighted by atomic mass is 9.96. The van der Waals surface area contributed by atoms with Gasteiger partial charge in [-0.1, -0.05) is 84.9 Å². The number of aromatic nitrogens is 1. The molecule has 0 aliphatic carbocycles. The molecule has 0 radical (unpaired) electrons. The standard InChI is InChI=1S/C38H32N2O4/c41-35-24-36(31-18-20-33(21-19-31)43-27-30-15-10-22-39-25-30)44-38(42)37(35)34(23-28-11-4-1-5-12-28)40(32-16-8-3-9-17-32)26-29-13-6-2-7-14-29/h1-22,24-25,34,41H,23,26-27H2. The third-order valence-corrected chi connectivity index (χ3v) is 7.50. The van der Waals surface area contributed by atoms with E-state index in [4.69, 9.17) is 9.15 Å². The van der Waals surface area contributed by atoms with E-state index in [0.29, 0.717) is 30.9 Å². The largest absolute Gasteiger partial charge is 0.507 e. The first-order chi connectivity index (χ1) is 21.6. The predicted octanol–water partition coefficient (Wildman–Crippen LogP) is 7.98. The molecule has 44 heavy (non-hydrogen) atoms. The highest BCUT2D eigenvalue weighted by atomic mass is 16.5. The van der Waals surface area contributed by atoms with E-state index in [0.717, 1.165) is 22.4 Å². The zero-order chi connectivity index (χ0) is 30.1. The van der Waals surface area contributed by atoms with Crippen molar-refractivity contribution in [2.45, 2.75) is 25.6 Å². The van der Waals surface area contributed by atoms with Crippen LogP contribution in [-0.4, -0.2) is 10.1 Å². The predicted molar refractivity (Wildman–Crippen MR) is 173 cm³/mol. The van der Waals surface area contributed by atoms with E-state index in [1.54, 1.807) is 12.4 Å². The average Bonchev–Trinajstić information content (AvgIpc) is 3.07. The van der Waals surface area contributed by atoms with Crippen molar-refractivity contribution in [2.75, 3.05) is 4.90 Å². The van der Waals surface area contributed by atoms with Gasteiger partial charge in [0.1, 0.15) is 29.4 Å². The van der Waals surface area contributed by atoms with E-state index in [-0.39, 0.29) is 17.1 Å². The Morgan fingerprint density at radius 2 is 1.39 bits per heavy atom. The van der Waals surface area contributed by atoms with Crippen LogP contribution in [0.3, 0.4) is 0 Å². The second-order valence-corrected chi connectivity index (χ2v) is 10.5. The van der Waals surface area contributed by atoms with Gasteiger partial charge in [0.05, 0.1) is 6.04 Å². The molecule has 6 rings (SSSR count). The highest BCUT2D eigenvalue weighted by Crippen LogP contribution is 2.36. The molecule has 6 aromatic rings. The summed E-state index contributed by atoms with van der Waals surface area (Å²) in [6.07, 6.45) is 3.97. The van der Waals surface area contributed by atoms with Gasteiger partial charge < -0.3 is 19.2 Å². The van der Waals surface area contributed by atoms with Crippen molar-refractivity contribution < 1.29 is 14.3 Å². The molecule has 6 nitrogen and oxygen atoms in total. The second kappa shape index (κ2) is 13.6. The van der Waals surface area contributed by atoms with Gasteiger partial charge >= 0.3 is 5.63 Å². The summed E-state index contributed by atoms with van der Waals surface area (Å²) in [4.78, 5) is 20.1. The third-order valence-electron chi connectivity index (χ3n) is 7.50. The van der Waals surface area contributed by atoms with Crippen molar-refractivity contribution in [3.05, 3.63) is 179 Å². The van der Waals surface area contributed by atoms with Crippen LogP contribution in [0, 0.1) is 0 Å². The summed E-state index contributed by atoms with van der Waals surface area (Å²) in [6, 6.07) is 42.1. The number of ether oxygens (including phenoxy) is 1. The molecule has 1 atom stereocenters. The van der Waals surface area contributed by atoms with Crippen LogP contribution < -0.4 is 15.3 Å². The maximum atomic E-state index is 13.8. The number of aromatic hydroxyl groups is 1. The van der Waals surface area contributed by atoms with Gasteiger partial charge in [0.15, 0.2) is 0 Å². The normalized spacial score (nSPS) is 11.5. The van der Waals surface area contributed by atoms with Gasteiger partial charge in [0, 0.05) is 41.8 Å². The van der Waals surface area contributed by atoms with Gasteiger partial charge in [0.2, 0.25) is 0 Å². The maximum Gasteiger partial charge on any atom is 0.345 e. The zero-order valence-electron chi connectivity index (χ0n) is 24.1. The third kappa shape index (κ3) is 6.88. The number of hydrogen-bond acceptors (Lipinski definition) is 6. The van der Waals surface area contributed by atoms with Crippen LogP contribution in [0.2, 0.25) is 0 Å². The number of anilines is 1. The molecular formula is C38H32N2O4. The topological polar surface area (TPSA) is 75.8 Å². The van der Waals surface area contributed by atoms with Gasteiger partial charge in [-0.15, -0.1) is 0 Å². The molecule has 2 aromatic heterocycles. The Morgan fingerprint density at radius 3 is 2.02 bits per heavy atom. The SMILES string of the molecule is O=c1oc(-c2ccc(OCc3cccnc3)cc2)cc(O)c1C(Cc1ccccc1)N(Cc1ccccc1)c1ccccc1. The summed E-state index contributed by atoms with van der Waals surface area (Å²) in [5.74, 6) is 0.842. The quantitative estimate of drug-likeness (QED) is 0.167. The highest BCUT2D eigenvalue weighted by molar-refractivity contribution is 5.61. The van der Waals surface area contributed by atoms with E-state index in [2.05, 4.69) is 22.0 Å². The van der Waals surface area contributed by atoms with Gasteiger partial charge in [-0.3, -0.25) is 4.98 Å². The summed E-state index contributed by atoms with van der Waals surface area (Å²) in [5, 5.41) is 11.5. The maximum absolute atomic E-state index is 13.8. The molecular weight excluding hydrogens is 548 g/mol. The van der Waals surface area contributed by atoms with Crippen molar-refractivity contribution in [3.8, 4) is 22.8 Å². The summed E-state index contributed by atoms with van der Waals surface area (Å²) < 4.78 is 11.8. The van der Waals surface area contributed by atoms with Crippen LogP contribution in [0.4, 0.5) is 5.69 Å². The first kappa shape index (κ1) is 28.5. The number of benzene rings is 4. The first-order valence-corrected chi connectivity index (χ1v) is 14.5. The molecule has 0 saturated heterocycles. The first-order valence-electron chi connectivity index (χ1n) is 14.5. The summed E-state index contributed by atoms with van der Waals surface area (Å²) in [6.45, 7) is 0.922. The molecule has 0 saturated carbocycles. The molecule has 0 aliphatic rings. The average molecular weight is 581 g/mol. The fourth-order valence-electron chi connectivity index (χ4n) is 5.29. The minimum Gasteiger partial charge on any atom is -0.507 e. The Balaban J connectivity index is 1.34. The Morgan fingerprint density at radius 1 is 0.750 bits per heavy atom. The van der Waals surface area contributed by atoms with Crippen LogP contribution in [0.15, 0.2) is 155 Å². The van der Waals surface area contributed by atoms with Crippen LogP contribution >= 0.6 is 0 Å². The molecule has 4 aromatic carbocycles. The van der Waals surface area contributed by atoms with Crippen LogP contribution in [0.5, 0.6) is 11.5 Å². The van der Waals surface area contributed by atoms with E-state index in [1.807, 2.05) is 115 Å². The van der Waals surface area contributed by atoms with Crippen molar-refractivity contribution in [3.63, 3.8) is 0 Å². The molecule has 2 heterocycles. The summed E-state index contributed by atoms with van der Waals surface area (Å²) >= 11 is 0. The zero-order valence-corrected chi connectivity index (χ0v) is 24.1. The number of para-hydroxylation sites is 1. The lowest BCUT2D eigenvalue weighted by Gasteiger charge is -2.34. The molecule has 218 valence electrons. The van der Waals surface area contributed by atoms with Gasteiger partial charge in [-0.2, -0.15) is 0 Å². The molecule has 6 heteroatoms. The minimum atomic E-state index is -0.577. The van der Waals surface area contributed by atoms with Crippen LogP contribution in [0.25, 0.3) is 11.3 Å². The fourth-order valence-corrected chi connectivity index (χ4v) is 5.29. The van der Waals surface area contributed by atoms with E-state index >= 15 is 0 Å². The van der Waals surface area contributed by atoms with E-state index in [1.165, 1.54) is 6.07 Å². The summed E-state index contributed by atoms with van der Waals surface area (Å²) in [5.41, 5.74) is 4.31. The van der Waals surface area contributed by atoms with E-state index in [9.17, 15) is 9.90 Å². The molecule has 0 fully saturated rings.